The molecular weight excluding hydrogens is 1220 g/mol. The number of hydrogen-bond donors (Lipinski definition) is 0. The van der Waals surface area contributed by atoms with E-state index in [2.05, 4.69) is 289 Å². The van der Waals surface area contributed by atoms with Crippen molar-refractivity contribution >= 4 is 109 Å². The van der Waals surface area contributed by atoms with Gasteiger partial charge in [-0.1, -0.05) is 243 Å². The molecule has 20 rings (SSSR count). The van der Waals surface area contributed by atoms with Gasteiger partial charge in [-0.3, -0.25) is 9.97 Å². The van der Waals surface area contributed by atoms with Crippen LogP contribution in [0.2, 0.25) is 0 Å². The van der Waals surface area contributed by atoms with Crippen LogP contribution >= 0.6 is 0 Å². The Morgan fingerprint density at radius 2 is 0.560 bits per heavy atom. The number of rotatable bonds is 8. The first-order valence-electron chi connectivity index (χ1n) is 33.6. The minimum atomic E-state index is 0.895. The number of fused-ring (bicyclic) bond motifs is 12. The lowest BCUT2D eigenvalue weighted by Gasteiger charge is -2.14. The van der Waals surface area contributed by atoms with Gasteiger partial charge in [0, 0.05) is 78.1 Å². The van der Waals surface area contributed by atoms with Crippen molar-refractivity contribution < 1.29 is 0 Å². The summed E-state index contributed by atoms with van der Waals surface area (Å²) in [6.07, 6.45) is 3.59. The van der Waals surface area contributed by atoms with Gasteiger partial charge in [-0.25, -0.2) is 29.9 Å². The average Bonchev–Trinajstić information content (AvgIpc) is 0.747. The Labute approximate surface area is 575 Å². The van der Waals surface area contributed by atoms with Crippen molar-refractivity contribution in [2.45, 2.75) is 0 Å². The van der Waals surface area contributed by atoms with Gasteiger partial charge < -0.3 is 0 Å². The molecule has 0 aliphatic rings. The van der Waals surface area contributed by atoms with Crippen molar-refractivity contribution in [3.8, 4) is 89.5 Å². The largest absolute Gasteiger partial charge is 0.255 e. The van der Waals surface area contributed by atoms with Crippen molar-refractivity contribution in [2.75, 3.05) is 0 Å². The fourth-order valence-corrected chi connectivity index (χ4v) is 14.5. The van der Waals surface area contributed by atoms with Crippen LogP contribution in [0, 0.1) is 0 Å². The average molecular weight is 1270 g/mol. The van der Waals surface area contributed by atoms with E-state index in [1.54, 1.807) is 12.4 Å². The number of benzene rings is 12. The molecule has 20 aromatic rings. The molecule has 8 heterocycles. The molecule has 0 aliphatic carbocycles. The third-order valence-electron chi connectivity index (χ3n) is 19.4. The first kappa shape index (κ1) is 57.9. The lowest BCUT2D eigenvalue weighted by atomic mass is 9.92. The van der Waals surface area contributed by atoms with E-state index in [1.165, 1.54) is 55.1 Å². The summed E-state index contributed by atoms with van der Waals surface area (Å²) in [6, 6.07) is 115. The Bertz CT molecular complexity index is 6640. The normalized spacial score (nSPS) is 11.6. The lowest BCUT2D eigenvalue weighted by Crippen LogP contribution is -1.93. The topological polar surface area (TPSA) is 103 Å². The Morgan fingerprint density at radius 1 is 0.170 bits per heavy atom. The van der Waals surface area contributed by atoms with Gasteiger partial charge in [0.15, 0.2) is 0 Å². The number of hydrogen-bond acceptors (Lipinski definition) is 8. The van der Waals surface area contributed by atoms with Gasteiger partial charge in [-0.2, -0.15) is 0 Å². The first-order chi connectivity index (χ1) is 49.5. The van der Waals surface area contributed by atoms with Crippen LogP contribution in [0.15, 0.2) is 340 Å². The SMILES string of the molecule is c1ccc(-c2c3ccccc3nc3c2ccc2ccc(-c4ccc(-c5ccc(-c6ccc7ncccc7n6)cc5)c5ccccc45)nc23)cc1.c1ccc(-c2c3ccccc3nc3c2ccc2ccc(-c4ccc5cc(-c6ccc(-c7ccc8ncccc8n7)cc6)ccc5c4)nc23)cc1. The van der Waals surface area contributed by atoms with Gasteiger partial charge in [-0.15, -0.1) is 0 Å². The summed E-state index contributed by atoms with van der Waals surface area (Å²) in [5.41, 5.74) is 26.7. The van der Waals surface area contributed by atoms with E-state index in [-0.39, 0.29) is 0 Å². The molecule has 0 N–H and O–H groups in total. The molecule has 8 nitrogen and oxygen atoms in total. The van der Waals surface area contributed by atoms with Gasteiger partial charge >= 0.3 is 0 Å². The summed E-state index contributed by atoms with van der Waals surface area (Å²) in [6.45, 7) is 0. The predicted molar refractivity (Wildman–Crippen MR) is 414 cm³/mol. The maximum Gasteiger partial charge on any atom is 0.0978 e. The highest BCUT2D eigenvalue weighted by molar-refractivity contribution is 6.18. The van der Waals surface area contributed by atoms with Crippen LogP contribution in [-0.4, -0.2) is 39.9 Å². The highest BCUT2D eigenvalue weighted by atomic mass is 14.8. The molecule has 8 heteroatoms. The second-order valence-corrected chi connectivity index (χ2v) is 25.3. The molecule has 0 saturated carbocycles. The Kier molecular flexibility index (Phi) is 14.0. The van der Waals surface area contributed by atoms with Crippen molar-refractivity contribution in [3.63, 3.8) is 0 Å². The highest BCUT2D eigenvalue weighted by Gasteiger charge is 2.19. The zero-order valence-electron chi connectivity index (χ0n) is 53.9. The molecule has 0 amide bonds. The summed E-state index contributed by atoms with van der Waals surface area (Å²) in [5.74, 6) is 0. The molecule has 100 heavy (non-hydrogen) atoms. The molecule has 12 aromatic carbocycles. The summed E-state index contributed by atoms with van der Waals surface area (Å²) < 4.78 is 0. The Morgan fingerprint density at radius 3 is 1.12 bits per heavy atom. The van der Waals surface area contributed by atoms with Crippen molar-refractivity contribution in [2.24, 2.45) is 0 Å². The summed E-state index contributed by atoms with van der Waals surface area (Å²) in [5, 5.41) is 11.3. The molecule has 0 atom stereocenters. The monoisotopic (exact) mass is 1270 g/mol. The van der Waals surface area contributed by atoms with E-state index in [4.69, 9.17) is 29.9 Å². The van der Waals surface area contributed by atoms with Gasteiger partial charge in [-0.05, 0) is 140 Å². The van der Waals surface area contributed by atoms with Crippen molar-refractivity contribution in [1.82, 2.24) is 39.9 Å². The molecule has 0 bridgehead atoms. The standard InChI is InChI=1S/2C46H28N4/c1-2-9-31(10-3-1)44-37-13-6-7-14-40(37)50-46-38(44)22-20-32-21-25-41(49-45(32)46)36-24-23-33(34-11-4-5-12-35(34)36)29-16-18-30(19-17-29)39-26-27-42-43(48-39)15-8-28-47-42;1-2-7-31(8-3-1)44-37-9-4-5-10-41(37)50-46-38(44)22-20-32-21-23-40(49-45(32)46)36-19-18-34-27-33(16-17-35(34)28-36)29-12-14-30(15-13-29)39-24-25-42-43(48-39)11-6-26-47-42/h2*1-28H. The van der Waals surface area contributed by atoms with E-state index in [0.29, 0.717) is 0 Å². The summed E-state index contributed by atoms with van der Waals surface area (Å²) >= 11 is 0. The third-order valence-corrected chi connectivity index (χ3v) is 19.4. The fraction of sp³-hybridized carbons (Fsp3) is 0. The molecular formula is C92H56N8. The number of pyridine rings is 8. The number of para-hydroxylation sites is 2. The van der Waals surface area contributed by atoms with E-state index in [1.807, 2.05) is 48.5 Å². The van der Waals surface area contributed by atoms with Gasteiger partial charge in [0.05, 0.1) is 77.9 Å². The second kappa shape index (κ2) is 24.3. The van der Waals surface area contributed by atoms with E-state index < -0.39 is 0 Å². The quantitative estimate of drug-likeness (QED) is 0.109. The molecule has 0 unspecified atom stereocenters. The minimum Gasteiger partial charge on any atom is -0.255 e. The van der Waals surface area contributed by atoms with Gasteiger partial charge in [0.25, 0.3) is 0 Å². The molecule has 464 valence electrons. The smallest absolute Gasteiger partial charge is 0.0978 e. The summed E-state index contributed by atoms with van der Waals surface area (Å²) in [7, 11) is 0. The van der Waals surface area contributed by atoms with Crippen LogP contribution in [0.5, 0.6) is 0 Å². The van der Waals surface area contributed by atoms with Crippen molar-refractivity contribution in [3.05, 3.63) is 340 Å². The molecule has 0 fully saturated rings. The van der Waals surface area contributed by atoms with Crippen LogP contribution < -0.4 is 0 Å². The molecule has 0 saturated heterocycles. The fourth-order valence-electron chi connectivity index (χ4n) is 14.5. The van der Waals surface area contributed by atoms with Crippen LogP contribution in [0.1, 0.15) is 0 Å². The van der Waals surface area contributed by atoms with E-state index >= 15 is 0 Å². The molecule has 8 aromatic heterocycles. The first-order valence-corrected chi connectivity index (χ1v) is 33.6. The van der Waals surface area contributed by atoms with Gasteiger partial charge in [0.1, 0.15) is 0 Å². The van der Waals surface area contributed by atoms with E-state index in [0.717, 1.165) is 143 Å². The number of aromatic nitrogens is 8. The number of nitrogens with zero attached hydrogens (tertiary/aromatic N) is 8. The minimum absolute atomic E-state index is 0.895. The van der Waals surface area contributed by atoms with Gasteiger partial charge in [0.2, 0.25) is 0 Å². The predicted octanol–water partition coefficient (Wildman–Crippen LogP) is 23.4. The maximum absolute atomic E-state index is 5.36. The summed E-state index contributed by atoms with van der Waals surface area (Å²) in [4.78, 5) is 39.5. The van der Waals surface area contributed by atoms with Crippen LogP contribution in [0.25, 0.3) is 199 Å². The Balaban J connectivity index is 0.000000139. The zero-order valence-corrected chi connectivity index (χ0v) is 53.9. The highest BCUT2D eigenvalue weighted by Crippen LogP contribution is 2.42. The maximum atomic E-state index is 5.36. The third kappa shape index (κ3) is 10.3. The second-order valence-electron chi connectivity index (χ2n) is 25.3. The molecule has 0 aliphatic heterocycles. The van der Waals surface area contributed by atoms with Crippen LogP contribution in [0.4, 0.5) is 0 Å². The van der Waals surface area contributed by atoms with Crippen LogP contribution in [-0.2, 0) is 0 Å². The Hall–Kier alpha value is -13.6. The van der Waals surface area contributed by atoms with Crippen molar-refractivity contribution in [1.29, 1.82) is 0 Å². The molecule has 0 spiro atoms. The zero-order chi connectivity index (χ0) is 66.0. The van der Waals surface area contributed by atoms with Crippen LogP contribution in [0.3, 0.4) is 0 Å². The molecule has 0 radical (unpaired) electrons. The lowest BCUT2D eigenvalue weighted by molar-refractivity contribution is 1.33. The van der Waals surface area contributed by atoms with E-state index in [9.17, 15) is 0 Å².